The Balaban J connectivity index is 1.81. The third-order valence-corrected chi connectivity index (χ3v) is 5.17. The molecule has 0 atom stereocenters. The van der Waals surface area contributed by atoms with Gasteiger partial charge in [-0.25, -0.2) is 4.79 Å². The van der Waals surface area contributed by atoms with E-state index in [0.717, 1.165) is 11.1 Å². The molecule has 0 saturated heterocycles. The van der Waals surface area contributed by atoms with Gasteiger partial charge in [0, 0.05) is 36.0 Å². The fourth-order valence-electron chi connectivity index (χ4n) is 3.54. The van der Waals surface area contributed by atoms with Crippen LogP contribution in [0, 0.1) is 6.92 Å². The predicted molar refractivity (Wildman–Crippen MR) is 118 cm³/mol. The first-order valence-corrected chi connectivity index (χ1v) is 9.76. The van der Waals surface area contributed by atoms with E-state index in [1.54, 1.807) is 24.3 Å². The first-order chi connectivity index (χ1) is 15.0. The van der Waals surface area contributed by atoms with Crippen molar-refractivity contribution in [3.05, 3.63) is 100 Å². The van der Waals surface area contributed by atoms with Crippen molar-refractivity contribution in [3.8, 4) is 11.1 Å². The molecule has 0 bridgehead atoms. The number of aromatic nitrogens is 2. The Morgan fingerprint density at radius 3 is 2.26 bits per heavy atom. The van der Waals surface area contributed by atoms with Crippen LogP contribution in [-0.4, -0.2) is 27.9 Å². The minimum atomic E-state index is -0.733. The molecule has 2 heterocycles. The molecule has 0 aliphatic heterocycles. The van der Waals surface area contributed by atoms with Crippen LogP contribution >= 0.6 is 0 Å². The minimum absolute atomic E-state index is 0.107. The maximum atomic E-state index is 13.1. The number of hydrogen-bond donors (Lipinski definition) is 0. The van der Waals surface area contributed by atoms with Crippen molar-refractivity contribution in [1.82, 2.24) is 9.55 Å². The number of esters is 1. The zero-order valence-electron chi connectivity index (χ0n) is 17.2. The monoisotopic (exact) mass is 412 g/mol. The predicted octanol–water partition coefficient (Wildman–Crippen LogP) is 3.95. The maximum Gasteiger partial charge on any atom is 0.356 e. The number of nitrogens with zero attached hydrogens (tertiary/aromatic N) is 2. The van der Waals surface area contributed by atoms with Crippen molar-refractivity contribution in [2.24, 2.45) is 7.05 Å². The lowest BCUT2D eigenvalue weighted by molar-refractivity contribution is 0.0465. The largest absolute Gasteiger partial charge is 0.453 e. The first-order valence-electron chi connectivity index (χ1n) is 9.76. The van der Waals surface area contributed by atoms with E-state index in [2.05, 4.69) is 4.98 Å². The first kappa shape index (κ1) is 20.2. The second kappa shape index (κ2) is 8.36. The highest BCUT2D eigenvalue weighted by atomic mass is 16.5. The van der Waals surface area contributed by atoms with E-state index in [1.165, 1.54) is 24.0 Å². The molecule has 6 heteroatoms. The number of carbonyl (C=O) groups is 2. The molecular weight excluding hydrogens is 392 g/mol. The molecule has 154 valence electrons. The maximum absolute atomic E-state index is 13.1. The summed E-state index contributed by atoms with van der Waals surface area (Å²) in [6.07, 6.45) is 3.00. The van der Waals surface area contributed by atoms with E-state index < -0.39 is 12.6 Å². The number of fused-ring (bicyclic) bond motifs is 1. The van der Waals surface area contributed by atoms with E-state index in [1.807, 2.05) is 43.3 Å². The number of benzene rings is 2. The van der Waals surface area contributed by atoms with Gasteiger partial charge in [-0.05, 0) is 36.1 Å². The normalized spacial score (nSPS) is 10.8. The number of rotatable bonds is 5. The van der Waals surface area contributed by atoms with Gasteiger partial charge in [0.1, 0.15) is 5.69 Å². The molecule has 0 aliphatic carbocycles. The average molecular weight is 412 g/mol. The van der Waals surface area contributed by atoms with Gasteiger partial charge < -0.3 is 9.30 Å². The Morgan fingerprint density at radius 2 is 1.58 bits per heavy atom. The number of ether oxygens (including phenoxy) is 1. The van der Waals surface area contributed by atoms with E-state index >= 15 is 0 Å². The van der Waals surface area contributed by atoms with Gasteiger partial charge in [-0.15, -0.1) is 0 Å². The Hall–Kier alpha value is -4.06. The van der Waals surface area contributed by atoms with Gasteiger partial charge >= 0.3 is 5.97 Å². The second-order valence-electron chi connectivity index (χ2n) is 7.23. The summed E-state index contributed by atoms with van der Waals surface area (Å²) in [6, 6.07) is 18.0. The third-order valence-electron chi connectivity index (χ3n) is 5.17. The van der Waals surface area contributed by atoms with Crippen molar-refractivity contribution < 1.29 is 14.3 Å². The van der Waals surface area contributed by atoms with Crippen LogP contribution in [-0.2, 0) is 11.8 Å². The molecule has 6 nitrogen and oxygen atoms in total. The summed E-state index contributed by atoms with van der Waals surface area (Å²) in [7, 11) is 1.54. The standard InChI is InChI=1S/C25H20N2O4/c1-16-7-9-18(10-8-16)22-19-5-3-4-6-20(19)24(29)27(2)23(22)25(30)31-15-21(28)17-11-13-26-14-12-17/h3-14H,15H2,1-2H3. The zero-order chi connectivity index (χ0) is 22.0. The lowest BCUT2D eigenvalue weighted by Crippen LogP contribution is -2.27. The zero-order valence-corrected chi connectivity index (χ0v) is 17.2. The molecule has 0 spiro atoms. The van der Waals surface area contributed by atoms with Crippen LogP contribution < -0.4 is 5.56 Å². The Morgan fingerprint density at radius 1 is 0.935 bits per heavy atom. The van der Waals surface area contributed by atoms with Crippen LogP contribution in [0.4, 0.5) is 0 Å². The summed E-state index contributed by atoms with van der Waals surface area (Å²) in [5.41, 5.74) is 2.65. The summed E-state index contributed by atoms with van der Waals surface area (Å²) in [4.78, 5) is 42.3. The fraction of sp³-hybridized carbons (Fsp3) is 0.120. The van der Waals surface area contributed by atoms with Crippen LogP contribution in [0.2, 0.25) is 0 Å². The number of ketones is 1. The number of aryl methyl sites for hydroxylation is 1. The van der Waals surface area contributed by atoms with E-state index in [-0.39, 0.29) is 17.0 Å². The Labute approximate surface area is 178 Å². The molecule has 2 aromatic carbocycles. The molecule has 4 rings (SSSR count). The molecule has 0 aliphatic rings. The highest BCUT2D eigenvalue weighted by Crippen LogP contribution is 2.31. The summed E-state index contributed by atoms with van der Waals surface area (Å²) < 4.78 is 6.63. The molecule has 31 heavy (non-hydrogen) atoms. The van der Waals surface area contributed by atoms with E-state index in [9.17, 15) is 14.4 Å². The molecule has 0 N–H and O–H groups in total. The van der Waals surface area contributed by atoms with Crippen molar-refractivity contribution in [2.75, 3.05) is 6.61 Å². The van der Waals surface area contributed by atoms with Gasteiger partial charge in [-0.1, -0.05) is 48.0 Å². The van der Waals surface area contributed by atoms with Crippen LogP contribution in [0.3, 0.4) is 0 Å². The smallest absolute Gasteiger partial charge is 0.356 e. The Kier molecular flexibility index (Phi) is 5.45. The summed E-state index contributed by atoms with van der Waals surface area (Å²) in [6.45, 7) is 1.54. The molecule has 0 amide bonds. The highest BCUT2D eigenvalue weighted by molar-refractivity contribution is 6.07. The van der Waals surface area contributed by atoms with Gasteiger partial charge in [-0.3, -0.25) is 14.6 Å². The second-order valence-corrected chi connectivity index (χ2v) is 7.23. The molecule has 0 unspecified atom stereocenters. The molecule has 0 fully saturated rings. The lowest BCUT2D eigenvalue weighted by atomic mass is 9.96. The fourth-order valence-corrected chi connectivity index (χ4v) is 3.54. The molecule has 0 radical (unpaired) electrons. The topological polar surface area (TPSA) is 78.3 Å². The summed E-state index contributed by atoms with van der Waals surface area (Å²) in [5.74, 6) is -1.08. The third kappa shape index (κ3) is 3.88. The molecule has 2 aromatic heterocycles. The van der Waals surface area contributed by atoms with Gasteiger partial charge in [0.05, 0.1) is 0 Å². The average Bonchev–Trinajstić information content (AvgIpc) is 2.80. The van der Waals surface area contributed by atoms with Crippen LogP contribution in [0.1, 0.15) is 26.4 Å². The number of carbonyl (C=O) groups excluding carboxylic acids is 2. The van der Waals surface area contributed by atoms with Crippen LogP contribution in [0.25, 0.3) is 21.9 Å². The van der Waals surface area contributed by atoms with Gasteiger partial charge in [0.25, 0.3) is 5.56 Å². The van der Waals surface area contributed by atoms with Crippen LogP contribution in [0.5, 0.6) is 0 Å². The number of pyridine rings is 2. The van der Waals surface area contributed by atoms with Gasteiger partial charge in [-0.2, -0.15) is 0 Å². The summed E-state index contributed by atoms with van der Waals surface area (Å²) in [5, 5.41) is 1.16. The SMILES string of the molecule is Cc1ccc(-c2c(C(=O)OCC(=O)c3ccncc3)n(C)c(=O)c3ccccc23)cc1. The quantitative estimate of drug-likeness (QED) is 0.366. The molecule has 0 saturated carbocycles. The van der Waals surface area contributed by atoms with Crippen molar-refractivity contribution >= 4 is 22.5 Å². The number of Topliss-reactive ketones (excluding diaryl/α,β-unsaturated/α-hetero) is 1. The van der Waals surface area contributed by atoms with Crippen molar-refractivity contribution in [2.45, 2.75) is 6.92 Å². The van der Waals surface area contributed by atoms with Crippen molar-refractivity contribution in [3.63, 3.8) is 0 Å². The number of hydrogen-bond acceptors (Lipinski definition) is 5. The van der Waals surface area contributed by atoms with E-state index in [0.29, 0.717) is 21.9 Å². The minimum Gasteiger partial charge on any atom is -0.453 e. The Bertz CT molecular complexity index is 1340. The van der Waals surface area contributed by atoms with Gasteiger partial charge in [0.2, 0.25) is 0 Å². The highest BCUT2D eigenvalue weighted by Gasteiger charge is 2.23. The molecular formula is C25H20N2O4. The van der Waals surface area contributed by atoms with E-state index in [4.69, 9.17) is 4.74 Å². The van der Waals surface area contributed by atoms with Gasteiger partial charge in [0.15, 0.2) is 12.4 Å². The molecule has 4 aromatic rings. The van der Waals surface area contributed by atoms with Crippen LogP contribution in [0.15, 0.2) is 77.9 Å². The van der Waals surface area contributed by atoms with Crippen molar-refractivity contribution in [1.29, 1.82) is 0 Å². The summed E-state index contributed by atoms with van der Waals surface area (Å²) >= 11 is 0. The lowest BCUT2D eigenvalue weighted by Gasteiger charge is -2.17.